The van der Waals surface area contributed by atoms with Crippen molar-refractivity contribution in [2.24, 2.45) is 0 Å². The average Bonchev–Trinajstić information content (AvgIpc) is 2.74. The Labute approximate surface area is 92.1 Å². The van der Waals surface area contributed by atoms with Gasteiger partial charge in [-0.05, 0) is 44.4 Å². The second-order valence-corrected chi connectivity index (χ2v) is 4.32. The molecule has 82 valence electrons. The van der Waals surface area contributed by atoms with Crippen LogP contribution >= 0.6 is 0 Å². The highest BCUT2D eigenvalue weighted by molar-refractivity contribution is 5.50. The summed E-state index contributed by atoms with van der Waals surface area (Å²) in [6.07, 6.45) is 3.92. The van der Waals surface area contributed by atoms with Gasteiger partial charge in [0.1, 0.15) is 0 Å². The van der Waals surface area contributed by atoms with E-state index in [1.54, 1.807) is 0 Å². The minimum absolute atomic E-state index is 0.738. The molecule has 0 radical (unpaired) electrons. The van der Waals surface area contributed by atoms with Gasteiger partial charge in [-0.25, -0.2) is 0 Å². The van der Waals surface area contributed by atoms with Crippen molar-refractivity contribution in [3.05, 3.63) is 29.8 Å². The van der Waals surface area contributed by atoms with Crippen molar-refractivity contribution in [1.82, 2.24) is 5.32 Å². The van der Waals surface area contributed by atoms with Gasteiger partial charge in [0.15, 0.2) is 0 Å². The van der Waals surface area contributed by atoms with Gasteiger partial charge in [0.25, 0.3) is 0 Å². The molecule has 2 heteroatoms. The molecule has 1 aromatic carbocycles. The van der Waals surface area contributed by atoms with Crippen molar-refractivity contribution in [3.8, 4) is 0 Å². The van der Waals surface area contributed by atoms with E-state index in [1.165, 1.54) is 37.1 Å². The second kappa shape index (κ2) is 5.17. The largest absolute Gasteiger partial charge is 0.385 e. The molecule has 1 aliphatic rings. The summed E-state index contributed by atoms with van der Waals surface area (Å²) in [6.45, 7) is 4.42. The fraction of sp³-hybridized carbons (Fsp3) is 0.538. The highest BCUT2D eigenvalue weighted by atomic mass is 14.9. The molecular formula is C13H20N2. The molecule has 0 aromatic heterocycles. The van der Waals surface area contributed by atoms with E-state index < -0.39 is 0 Å². The molecule has 1 aliphatic heterocycles. The lowest BCUT2D eigenvalue weighted by Gasteiger charge is -2.12. The van der Waals surface area contributed by atoms with Crippen LogP contribution in [0, 0.1) is 6.92 Å². The van der Waals surface area contributed by atoms with Crippen molar-refractivity contribution in [1.29, 1.82) is 0 Å². The molecule has 1 heterocycles. The smallest absolute Gasteiger partial charge is 0.0369 e. The van der Waals surface area contributed by atoms with E-state index >= 15 is 0 Å². The molecule has 1 unspecified atom stereocenters. The van der Waals surface area contributed by atoms with Gasteiger partial charge in [0.05, 0.1) is 0 Å². The minimum atomic E-state index is 0.738. The Morgan fingerprint density at radius 3 is 3.00 bits per heavy atom. The molecule has 1 fully saturated rings. The fourth-order valence-corrected chi connectivity index (χ4v) is 2.16. The third-order valence-corrected chi connectivity index (χ3v) is 3.12. The zero-order chi connectivity index (χ0) is 10.5. The summed E-state index contributed by atoms with van der Waals surface area (Å²) in [5.41, 5.74) is 2.60. The first-order chi connectivity index (χ1) is 7.36. The number of benzene rings is 1. The highest BCUT2D eigenvalue weighted by Gasteiger charge is 2.12. The average molecular weight is 204 g/mol. The van der Waals surface area contributed by atoms with Crippen LogP contribution in [0.2, 0.25) is 0 Å². The van der Waals surface area contributed by atoms with Crippen LogP contribution in [0.25, 0.3) is 0 Å². The van der Waals surface area contributed by atoms with E-state index in [2.05, 4.69) is 41.8 Å². The molecule has 2 N–H and O–H groups in total. The zero-order valence-electron chi connectivity index (χ0n) is 9.42. The lowest BCUT2D eigenvalue weighted by Crippen LogP contribution is -2.24. The number of hydrogen-bond acceptors (Lipinski definition) is 2. The van der Waals surface area contributed by atoms with Gasteiger partial charge in [-0.15, -0.1) is 0 Å². The molecule has 2 nitrogen and oxygen atoms in total. The number of nitrogens with one attached hydrogen (secondary N) is 2. The van der Waals surface area contributed by atoms with Crippen molar-refractivity contribution in [3.63, 3.8) is 0 Å². The van der Waals surface area contributed by atoms with Crippen LogP contribution in [0.3, 0.4) is 0 Å². The number of hydrogen-bond donors (Lipinski definition) is 2. The van der Waals surface area contributed by atoms with E-state index in [0.29, 0.717) is 0 Å². The topological polar surface area (TPSA) is 24.1 Å². The molecule has 0 bridgehead atoms. The van der Waals surface area contributed by atoms with Crippen LogP contribution in [-0.2, 0) is 0 Å². The molecule has 1 aromatic rings. The van der Waals surface area contributed by atoms with E-state index in [4.69, 9.17) is 0 Å². The van der Waals surface area contributed by atoms with Gasteiger partial charge in [0.2, 0.25) is 0 Å². The normalized spacial score (nSPS) is 20.5. The fourth-order valence-electron chi connectivity index (χ4n) is 2.16. The molecular weight excluding hydrogens is 184 g/mol. The van der Waals surface area contributed by atoms with E-state index in [-0.39, 0.29) is 0 Å². The van der Waals surface area contributed by atoms with Gasteiger partial charge in [0, 0.05) is 18.3 Å². The number of anilines is 1. The Morgan fingerprint density at radius 2 is 2.27 bits per heavy atom. The predicted octanol–water partition coefficient (Wildman–Crippen LogP) is 2.55. The lowest BCUT2D eigenvalue weighted by molar-refractivity contribution is 0.574. The lowest BCUT2D eigenvalue weighted by atomic mass is 10.1. The van der Waals surface area contributed by atoms with Crippen LogP contribution in [0.15, 0.2) is 24.3 Å². The van der Waals surface area contributed by atoms with Crippen molar-refractivity contribution in [2.75, 3.05) is 18.4 Å². The maximum absolute atomic E-state index is 3.52. The SMILES string of the molecule is Cc1ccccc1NCCC1CCCN1. The Balaban J connectivity index is 1.75. The van der Waals surface area contributed by atoms with Crippen molar-refractivity contribution >= 4 is 5.69 Å². The quantitative estimate of drug-likeness (QED) is 0.787. The molecule has 0 amide bonds. The molecule has 1 atom stereocenters. The van der Waals surface area contributed by atoms with Gasteiger partial charge < -0.3 is 10.6 Å². The molecule has 2 rings (SSSR count). The molecule has 0 saturated carbocycles. The zero-order valence-corrected chi connectivity index (χ0v) is 9.42. The maximum atomic E-state index is 3.52. The monoisotopic (exact) mass is 204 g/mol. The van der Waals surface area contributed by atoms with Crippen LogP contribution in [0.5, 0.6) is 0 Å². The van der Waals surface area contributed by atoms with E-state index in [1.807, 2.05) is 0 Å². The van der Waals surface area contributed by atoms with Gasteiger partial charge in [-0.2, -0.15) is 0 Å². The highest BCUT2D eigenvalue weighted by Crippen LogP contribution is 2.14. The van der Waals surface area contributed by atoms with Gasteiger partial charge >= 0.3 is 0 Å². The third kappa shape index (κ3) is 2.96. The van der Waals surface area contributed by atoms with Crippen LogP contribution in [0.1, 0.15) is 24.8 Å². The molecule has 0 spiro atoms. The van der Waals surface area contributed by atoms with Gasteiger partial charge in [-0.1, -0.05) is 18.2 Å². The van der Waals surface area contributed by atoms with Gasteiger partial charge in [-0.3, -0.25) is 0 Å². The predicted molar refractivity (Wildman–Crippen MR) is 65.3 cm³/mol. The van der Waals surface area contributed by atoms with E-state index in [9.17, 15) is 0 Å². The second-order valence-electron chi connectivity index (χ2n) is 4.32. The molecule has 0 aliphatic carbocycles. The summed E-state index contributed by atoms with van der Waals surface area (Å²) >= 11 is 0. The van der Waals surface area contributed by atoms with Crippen LogP contribution in [-0.4, -0.2) is 19.1 Å². The maximum Gasteiger partial charge on any atom is 0.0369 e. The van der Waals surface area contributed by atoms with E-state index in [0.717, 1.165) is 12.6 Å². The van der Waals surface area contributed by atoms with Crippen LogP contribution < -0.4 is 10.6 Å². The summed E-state index contributed by atoms with van der Waals surface area (Å²) in [6, 6.07) is 9.21. The van der Waals surface area contributed by atoms with Crippen molar-refractivity contribution < 1.29 is 0 Å². The first-order valence-electron chi connectivity index (χ1n) is 5.89. The number of para-hydroxylation sites is 1. The Hall–Kier alpha value is -1.02. The summed E-state index contributed by atoms with van der Waals surface area (Å²) < 4.78 is 0. The standard InChI is InChI=1S/C13H20N2/c1-11-5-2-3-7-13(11)15-10-8-12-6-4-9-14-12/h2-3,5,7,12,14-15H,4,6,8-10H2,1H3. The summed E-state index contributed by atoms with van der Waals surface area (Å²) in [7, 11) is 0. The first kappa shape index (κ1) is 10.5. The Kier molecular flexibility index (Phi) is 3.62. The van der Waals surface area contributed by atoms with Crippen LogP contribution in [0.4, 0.5) is 5.69 Å². The first-order valence-corrected chi connectivity index (χ1v) is 5.89. The molecule has 1 saturated heterocycles. The minimum Gasteiger partial charge on any atom is -0.385 e. The summed E-state index contributed by atoms with van der Waals surface area (Å²) in [5.74, 6) is 0. The Morgan fingerprint density at radius 1 is 1.40 bits per heavy atom. The number of rotatable bonds is 4. The number of aryl methyl sites for hydroxylation is 1. The Bertz CT molecular complexity index is 303. The molecule has 15 heavy (non-hydrogen) atoms. The third-order valence-electron chi connectivity index (χ3n) is 3.12. The van der Waals surface area contributed by atoms with Crippen molar-refractivity contribution in [2.45, 2.75) is 32.2 Å². The summed E-state index contributed by atoms with van der Waals surface area (Å²) in [4.78, 5) is 0. The summed E-state index contributed by atoms with van der Waals surface area (Å²) in [5, 5.41) is 7.02.